The van der Waals surface area contributed by atoms with E-state index in [0.717, 1.165) is 48.0 Å². The Morgan fingerprint density at radius 2 is 2.25 bits per heavy atom. The number of anilines is 1. The van der Waals surface area contributed by atoms with Gasteiger partial charge in [0.25, 0.3) is 5.56 Å². The van der Waals surface area contributed by atoms with Gasteiger partial charge in [-0.15, -0.1) is 0 Å². The second kappa shape index (κ2) is 5.03. The second-order valence-electron chi connectivity index (χ2n) is 4.95. The molecule has 2 aromatic heterocycles. The first kappa shape index (κ1) is 12.8. The molecule has 0 atom stereocenters. The van der Waals surface area contributed by atoms with Crippen LogP contribution in [0.2, 0.25) is 0 Å². The second-order valence-corrected chi connectivity index (χ2v) is 4.95. The molecule has 2 aromatic rings. The van der Waals surface area contributed by atoms with Crippen LogP contribution in [0, 0.1) is 6.92 Å². The predicted molar refractivity (Wildman–Crippen MR) is 75.8 cm³/mol. The number of aryl methyl sites for hydroxylation is 2. The number of aromatic amines is 1. The summed E-state index contributed by atoms with van der Waals surface area (Å²) in [6.45, 7) is 5.35. The molecule has 0 spiro atoms. The molecule has 6 nitrogen and oxygen atoms in total. The van der Waals surface area contributed by atoms with Crippen LogP contribution in [0.5, 0.6) is 0 Å². The van der Waals surface area contributed by atoms with Gasteiger partial charge in [0.2, 0.25) is 0 Å². The Morgan fingerprint density at radius 1 is 1.40 bits per heavy atom. The van der Waals surface area contributed by atoms with E-state index in [1.165, 1.54) is 6.33 Å². The lowest BCUT2D eigenvalue weighted by Crippen LogP contribution is -2.36. The summed E-state index contributed by atoms with van der Waals surface area (Å²) in [6.07, 6.45) is 3.12. The molecule has 3 rings (SSSR count). The smallest absolute Gasteiger partial charge is 0.255 e. The van der Waals surface area contributed by atoms with Gasteiger partial charge in [0.15, 0.2) is 0 Å². The van der Waals surface area contributed by atoms with E-state index < -0.39 is 0 Å². The summed E-state index contributed by atoms with van der Waals surface area (Å²) in [4.78, 5) is 29.8. The zero-order valence-corrected chi connectivity index (χ0v) is 11.7. The van der Waals surface area contributed by atoms with Crippen molar-refractivity contribution in [3.05, 3.63) is 45.5 Å². The fourth-order valence-corrected chi connectivity index (χ4v) is 2.51. The monoisotopic (exact) mass is 271 g/mol. The Balaban J connectivity index is 1.96. The fraction of sp³-hybridized carbons (Fsp3) is 0.429. The zero-order valence-electron chi connectivity index (χ0n) is 11.7. The number of fused-ring (bicyclic) bond motifs is 1. The average Bonchev–Trinajstić information content (AvgIpc) is 2.46. The van der Waals surface area contributed by atoms with E-state index in [-0.39, 0.29) is 5.56 Å². The molecule has 0 saturated carbocycles. The number of rotatable bonds is 2. The van der Waals surface area contributed by atoms with Crippen molar-refractivity contribution in [3.8, 4) is 0 Å². The van der Waals surface area contributed by atoms with Crippen molar-refractivity contribution in [2.75, 3.05) is 11.4 Å². The van der Waals surface area contributed by atoms with Crippen LogP contribution in [-0.2, 0) is 19.4 Å². The number of nitrogens with zero attached hydrogens (tertiary/aromatic N) is 4. The van der Waals surface area contributed by atoms with Crippen LogP contribution in [0.4, 0.5) is 5.82 Å². The van der Waals surface area contributed by atoms with Crippen molar-refractivity contribution >= 4 is 5.82 Å². The zero-order chi connectivity index (χ0) is 14.1. The van der Waals surface area contributed by atoms with Crippen LogP contribution >= 0.6 is 0 Å². The summed E-state index contributed by atoms with van der Waals surface area (Å²) in [5.74, 6) is 1.66. The van der Waals surface area contributed by atoms with Crippen LogP contribution in [0.25, 0.3) is 0 Å². The molecule has 1 aliphatic heterocycles. The van der Waals surface area contributed by atoms with Crippen molar-refractivity contribution in [3.63, 3.8) is 0 Å². The Bertz CT molecular complexity index is 694. The van der Waals surface area contributed by atoms with E-state index in [2.05, 4.69) is 31.8 Å². The maximum Gasteiger partial charge on any atom is 0.255 e. The Morgan fingerprint density at radius 3 is 3.05 bits per heavy atom. The molecule has 0 fully saturated rings. The van der Waals surface area contributed by atoms with Crippen molar-refractivity contribution in [2.24, 2.45) is 0 Å². The molecular weight excluding hydrogens is 254 g/mol. The topological polar surface area (TPSA) is 74.8 Å². The molecule has 20 heavy (non-hydrogen) atoms. The maximum atomic E-state index is 11.9. The summed E-state index contributed by atoms with van der Waals surface area (Å²) in [7, 11) is 0. The van der Waals surface area contributed by atoms with Gasteiger partial charge in [0.05, 0.1) is 24.1 Å². The van der Waals surface area contributed by atoms with E-state index >= 15 is 0 Å². The first-order valence-corrected chi connectivity index (χ1v) is 6.82. The number of aromatic nitrogens is 4. The molecule has 0 amide bonds. The van der Waals surface area contributed by atoms with Gasteiger partial charge in [0, 0.05) is 24.7 Å². The SMILES string of the molecule is CCc1cc(N2CCc3nc[nH]c(=O)c3C2)nc(C)n1. The first-order valence-electron chi connectivity index (χ1n) is 6.82. The lowest BCUT2D eigenvalue weighted by Gasteiger charge is -2.28. The molecule has 0 unspecified atom stereocenters. The van der Waals surface area contributed by atoms with Gasteiger partial charge in [-0.2, -0.15) is 0 Å². The number of hydrogen-bond donors (Lipinski definition) is 1. The highest BCUT2D eigenvalue weighted by Gasteiger charge is 2.21. The third-order valence-electron chi connectivity index (χ3n) is 3.57. The van der Waals surface area contributed by atoms with E-state index in [1.807, 2.05) is 13.0 Å². The summed E-state index contributed by atoms with van der Waals surface area (Å²) >= 11 is 0. The minimum absolute atomic E-state index is 0.0545. The van der Waals surface area contributed by atoms with E-state index in [4.69, 9.17) is 0 Å². The van der Waals surface area contributed by atoms with E-state index in [9.17, 15) is 4.79 Å². The minimum Gasteiger partial charge on any atom is -0.351 e. The first-order chi connectivity index (χ1) is 9.67. The molecule has 3 heterocycles. The Kier molecular flexibility index (Phi) is 3.22. The predicted octanol–water partition coefficient (Wildman–Crippen LogP) is 0.993. The highest BCUT2D eigenvalue weighted by atomic mass is 16.1. The maximum absolute atomic E-state index is 11.9. The minimum atomic E-state index is -0.0545. The number of hydrogen-bond acceptors (Lipinski definition) is 5. The standard InChI is InChI=1S/C14H17N5O/c1-3-10-6-13(18-9(2)17-10)19-5-4-12-11(7-19)14(20)16-8-15-12/h6,8H,3-5,7H2,1-2H3,(H,15,16,20). The van der Waals surface area contributed by atoms with Crippen molar-refractivity contribution in [1.29, 1.82) is 0 Å². The number of nitrogens with one attached hydrogen (secondary N) is 1. The fourth-order valence-electron chi connectivity index (χ4n) is 2.51. The summed E-state index contributed by atoms with van der Waals surface area (Å²) in [6, 6.07) is 2.00. The van der Waals surface area contributed by atoms with Crippen LogP contribution < -0.4 is 10.5 Å². The third kappa shape index (κ3) is 2.29. The summed E-state index contributed by atoms with van der Waals surface area (Å²) < 4.78 is 0. The third-order valence-corrected chi connectivity index (χ3v) is 3.57. The Hall–Kier alpha value is -2.24. The molecule has 0 aromatic carbocycles. The molecule has 0 radical (unpaired) electrons. The molecule has 1 N–H and O–H groups in total. The normalized spacial score (nSPS) is 14.2. The average molecular weight is 271 g/mol. The van der Waals surface area contributed by atoms with E-state index in [0.29, 0.717) is 6.54 Å². The van der Waals surface area contributed by atoms with Gasteiger partial charge in [0.1, 0.15) is 11.6 Å². The van der Waals surface area contributed by atoms with Gasteiger partial charge in [-0.1, -0.05) is 6.92 Å². The Labute approximate surface area is 116 Å². The van der Waals surface area contributed by atoms with Crippen molar-refractivity contribution in [1.82, 2.24) is 19.9 Å². The molecular formula is C14H17N5O. The summed E-state index contributed by atoms with van der Waals surface area (Å²) in [5, 5.41) is 0. The highest BCUT2D eigenvalue weighted by molar-refractivity contribution is 5.43. The largest absolute Gasteiger partial charge is 0.351 e. The van der Waals surface area contributed by atoms with E-state index in [1.54, 1.807) is 0 Å². The molecule has 0 saturated heterocycles. The highest BCUT2D eigenvalue weighted by Crippen LogP contribution is 2.20. The van der Waals surface area contributed by atoms with Gasteiger partial charge in [-0.25, -0.2) is 15.0 Å². The van der Waals surface area contributed by atoms with Crippen LogP contribution in [0.15, 0.2) is 17.2 Å². The molecule has 0 aliphatic carbocycles. The lowest BCUT2D eigenvalue weighted by molar-refractivity contribution is 0.685. The van der Waals surface area contributed by atoms with Crippen molar-refractivity contribution in [2.45, 2.75) is 33.2 Å². The quantitative estimate of drug-likeness (QED) is 0.881. The van der Waals surface area contributed by atoms with Crippen LogP contribution in [0.1, 0.15) is 29.7 Å². The van der Waals surface area contributed by atoms with Crippen LogP contribution in [0.3, 0.4) is 0 Å². The number of H-pyrrole nitrogens is 1. The van der Waals surface area contributed by atoms with Gasteiger partial charge >= 0.3 is 0 Å². The van der Waals surface area contributed by atoms with Gasteiger partial charge < -0.3 is 9.88 Å². The molecule has 6 heteroatoms. The molecule has 1 aliphatic rings. The lowest BCUT2D eigenvalue weighted by atomic mass is 10.1. The molecule has 104 valence electrons. The molecule has 0 bridgehead atoms. The van der Waals surface area contributed by atoms with Gasteiger partial charge in [-0.3, -0.25) is 4.79 Å². The van der Waals surface area contributed by atoms with Crippen molar-refractivity contribution < 1.29 is 0 Å². The van der Waals surface area contributed by atoms with Crippen LogP contribution in [-0.4, -0.2) is 26.5 Å². The summed E-state index contributed by atoms with van der Waals surface area (Å²) in [5.41, 5.74) is 2.61. The van der Waals surface area contributed by atoms with Gasteiger partial charge in [-0.05, 0) is 13.3 Å².